The fourth-order valence-corrected chi connectivity index (χ4v) is 1.69. The Hall–Kier alpha value is -0.480. The molecule has 0 saturated heterocycles. The average Bonchev–Trinajstić information content (AvgIpc) is 2.18. The lowest BCUT2D eigenvalue weighted by Gasteiger charge is -2.29. The van der Waals surface area contributed by atoms with Crippen molar-refractivity contribution in [2.24, 2.45) is 11.7 Å². The van der Waals surface area contributed by atoms with Crippen molar-refractivity contribution in [1.82, 2.24) is 0 Å². The second kappa shape index (κ2) is 4.80. The fraction of sp³-hybridized carbons (Fsp3) is 0.500. The van der Waals surface area contributed by atoms with Crippen molar-refractivity contribution in [3.63, 3.8) is 0 Å². The van der Waals surface area contributed by atoms with Crippen LogP contribution in [0.3, 0.4) is 0 Å². The van der Waals surface area contributed by atoms with Crippen molar-refractivity contribution in [1.29, 1.82) is 0 Å². The standard InChI is InChI=1S/C12H16BrF2N/c1-7(2)12(3,16)6-8-10(14)5-4-9(13)11(8)15/h4-5,7H,6,16H2,1-3H3. The zero-order valence-electron chi connectivity index (χ0n) is 9.65. The summed E-state index contributed by atoms with van der Waals surface area (Å²) in [6.07, 6.45) is 0.182. The summed E-state index contributed by atoms with van der Waals surface area (Å²) >= 11 is 3.04. The molecule has 0 bridgehead atoms. The molecule has 2 N–H and O–H groups in total. The van der Waals surface area contributed by atoms with Crippen LogP contribution in [0.2, 0.25) is 0 Å². The van der Waals surface area contributed by atoms with E-state index < -0.39 is 17.2 Å². The Morgan fingerprint density at radius 3 is 2.44 bits per heavy atom. The van der Waals surface area contributed by atoms with E-state index in [9.17, 15) is 8.78 Å². The van der Waals surface area contributed by atoms with Crippen LogP contribution in [0.5, 0.6) is 0 Å². The molecular formula is C12H16BrF2N. The molecule has 0 aliphatic rings. The highest BCUT2D eigenvalue weighted by atomic mass is 79.9. The predicted molar refractivity (Wildman–Crippen MR) is 65.2 cm³/mol. The maximum atomic E-state index is 13.7. The van der Waals surface area contributed by atoms with Gasteiger partial charge in [0.15, 0.2) is 0 Å². The van der Waals surface area contributed by atoms with E-state index >= 15 is 0 Å². The van der Waals surface area contributed by atoms with Gasteiger partial charge in [-0.05, 0) is 47.3 Å². The second-order valence-electron chi connectivity index (χ2n) is 4.66. The van der Waals surface area contributed by atoms with Crippen molar-refractivity contribution in [3.8, 4) is 0 Å². The molecule has 1 aromatic rings. The van der Waals surface area contributed by atoms with Gasteiger partial charge < -0.3 is 5.73 Å². The molecule has 0 saturated carbocycles. The van der Waals surface area contributed by atoms with Gasteiger partial charge in [0.2, 0.25) is 0 Å². The quantitative estimate of drug-likeness (QED) is 0.846. The van der Waals surface area contributed by atoms with Gasteiger partial charge in [0.05, 0.1) is 4.47 Å². The molecule has 0 heterocycles. The lowest BCUT2D eigenvalue weighted by Crippen LogP contribution is -2.44. The molecule has 0 aliphatic carbocycles. The van der Waals surface area contributed by atoms with Crippen LogP contribution < -0.4 is 5.73 Å². The topological polar surface area (TPSA) is 26.0 Å². The van der Waals surface area contributed by atoms with Gasteiger partial charge in [0.25, 0.3) is 0 Å². The molecule has 1 unspecified atom stereocenters. The molecule has 1 rings (SSSR count). The molecule has 4 heteroatoms. The zero-order valence-corrected chi connectivity index (χ0v) is 11.2. The van der Waals surface area contributed by atoms with Crippen LogP contribution in [0, 0.1) is 17.6 Å². The summed E-state index contributed by atoms with van der Waals surface area (Å²) in [5.74, 6) is -0.958. The Morgan fingerprint density at radius 1 is 1.38 bits per heavy atom. The summed E-state index contributed by atoms with van der Waals surface area (Å²) in [7, 11) is 0. The van der Waals surface area contributed by atoms with E-state index in [1.54, 1.807) is 6.92 Å². The molecule has 0 spiro atoms. The second-order valence-corrected chi connectivity index (χ2v) is 5.51. The summed E-state index contributed by atoms with van der Waals surface area (Å²) in [6, 6.07) is 2.61. The normalized spacial score (nSPS) is 15.2. The highest BCUT2D eigenvalue weighted by Gasteiger charge is 2.27. The number of rotatable bonds is 3. The molecule has 0 aromatic heterocycles. The highest BCUT2D eigenvalue weighted by Crippen LogP contribution is 2.27. The molecule has 0 fully saturated rings. The van der Waals surface area contributed by atoms with Crippen LogP contribution >= 0.6 is 15.9 Å². The lowest BCUT2D eigenvalue weighted by atomic mass is 9.83. The Morgan fingerprint density at radius 2 is 1.94 bits per heavy atom. The fourth-order valence-electron chi connectivity index (χ4n) is 1.32. The third-order valence-corrected chi connectivity index (χ3v) is 3.63. The van der Waals surface area contributed by atoms with E-state index in [1.807, 2.05) is 13.8 Å². The van der Waals surface area contributed by atoms with Crippen LogP contribution in [-0.2, 0) is 6.42 Å². The van der Waals surface area contributed by atoms with Crippen LogP contribution in [-0.4, -0.2) is 5.54 Å². The first-order valence-electron chi connectivity index (χ1n) is 5.17. The molecule has 0 radical (unpaired) electrons. The lowest BCUT2D eigenvalue weighted by molar-refractivity contribution is 0.328. The molecule has 90 valence electrons. The Bertz CT molecular complexity index is 389. The average molecular weight is 292 g/mol. The molecule has 1 nitrogen and oxygen atoms in total. The first-order valence-corrected chi connectivity index (χ1v) is 5.96. The van der Waals surface area contributed by atoms with Gasteiger partial charge in [0, 0.05) is 11.1 Å². The highest BCUT2D eigenvalue weighted by molar-refractivity contribution is 9.10. The Kier molecular flexibility index (Phi) is 4.07. The third-order valence-electron chi connectivity index (χ3n) is 3.02. The summed E-state index contributed by atoms with van der Waals surface area (Å²) in [5.41, 5.74) is 5.46. The van der Waals surface area contributed by atoms with Gasteiger partial charge in [-0.1, -0.05) is 13.8 Å². The Balaban J connectivity index is 3.11. The van der Waals surface area contributed by atoms with Crippen molar-refractivity contribution in [3.05, 3.63) is 33.8 Å². The third kappa shape index (κ3) is 2.80. The summed E-state index contributed by atoms with van der Waals surface area (Å²) in [4.78, 5) is 0. The summed E-state index contributed by atoms with van der Waals surface area (Å²) in [5, 5.41) is 0. The molecule has 0 aliphatic heterocycles. The molecule has 1 aromatic carbocycles. The minimum atomic E-state index is -0.623. The number of benzene rings is 1. The van der Waals surface area contributed by atoms with E-state index in [1.165, 1.54) is 12.1 Å². The number of hydrogen-bond acceptors (Lipinski definition) is 1. The number of nitrogens with two attached hydrogens (primary N) is 1. The SMILES string of the molecule is CC(C)C(C)(N)Cc1c(F)ccc(Br)c1F. The minimum Gasteiger partial charge on any atom is -0.325 e. The number of hydrogen-bond donors (Lipinski definition) is 1. The smallest absolute Gasteiger partial charge is 0.143 e. The maximum absolute atomic E-state index is 13.7. The van der Waals surface area contributed by atoms with Gasteiger partial charge in [-0.15, -0.1) is 0 Å². The first kappa shape index (κ1) is 13.6. The van der Waals surface area contributed by atoms with Gasteiger partial charge in [-0.2, -0.15) is 0 Å². The van der Waals surface area contributed by atoms with Crippen molar-refractivity contribution >= 4 is 15.9 Å². The molecule has 1 atom stereocenters. The Labute approximate surface area is 103 Å². The van der Waals surface area contributed by atoms with Gasteiger partial charge in [-0.25, -0.2) is 8.78 Å². The van der Waals surface area contributed by atoms with Crippen LogP contribution in [0.25, 0.3) is 0 Å². The van der Waals surface area contributed by atoms with Crippen LogP contribution in [0.4, 0.5) is 8.78 Å². The molecule has 0 amide bonds. The van der Waals surface area contributed by atoms with E-state index in [2.05, 4.69) is 15.9 Å². The van der Waals surface area contributed by atoms with Crippen LogP contribution in [0.1, 0.15) is 26.3 Å². The monoisotopic (exact) mass is 291 g/mol. The largest absolute Gasteiger partial charge is 0.325 e. The van der Waals surface area contributed by atoms with E-state index in [4.69, 9.17) is 5.73 Å². The zero-order chi connectivity index (χ0) is 12.5. The van der Waals surface area contributed by atoms with Gasteiger partial charge in [-0.3, -0.25) is 0 Å². The molecular weight excluding hydrogens is 276 g/mol. The minimum absolute atomic E-state index is 0.0491. The van der Waals surface area contributed by atoms with Gasteiger partial charge >= 0.3 is 0 Å². The van der Waals surface area contributed by atoms with E-state index in [-0.39, 0.29) is 22.4 Å². The van der Waals surface area contributed by atoms with Crippen molar-refractivity contribution in [2.45, 2.75) is 32.7 Å². The maximum Gasteiger partial charge on any atom is 0.143 e. The molecule has 16 heavy (non-hydrogen) atoms. The number of halogens is 3. The van der Waals surface area contributed by atoms with Gasteiger partial charge in [0.1, 0.15) is 11.6 Å². The van der Waals surface area contributed by atoms with Crippen LogP contribution in [0.15, 0.2) is 16.6 Å². The van der Waals surface area contributed by atoms with Crippen molar-refractivity contribution < 1.29 is 8.78 Å². The van der Waals surface area contributed by atoms with Crippen molar-refractivity contribution in [2.75, 3.05) is 0 Å². The van der Waals surface area contributed by atoms with E-state index in [0.717, 1.165) is 0 Å². The predicted octanol–water partition coefficient (Wildman–Crippen LogP) is 3.64. The van der Waals surface area contributed by atoms with E-state index in [0.29, 0.717) is 0 Å². The summed E-state index contributed by atoms with van der Waals surface area (Å²) in [6.45, 7) is 5.68. The summed E-state index contributed by atoms with van der Waals surface area (Å²) < 4.78 is 27.5. The first-order chi connectivity index (χ1) is 7.25.